The molecular formula is C16H26N2O. The monoisotopic (exact) mass is 262 g/mol. The van der Waals surface area contributed by atoms with Gasteiger partial charge in [0.15, 0.2) is 0 Å². The molecule has 2 rings (SSSR count). The highest BCUT2D eigenvalue weighted by molar-refractivity contribution is 5.27. The standard InChI is InChI=1S/C16H26N2O/c1-14-6-5-8-16(12-14)19-11-10-18-9-4-3-7-15(18)13-17-2/h5-6,8,12,15,17H,3-4,7,9-11,13H2,1-2H3. The first-order valence-electron chi connectivity index (χ1n) is 7.37. The predicted molar refractivity (Wildman–Crippen MR) is 79.8 cm³/mol. The molecule has 1 heterocycles. The number of hydrogen-bond donors (Lipinski definition) is 1. The Morgan fingerprint density at radius 2 is 2.26 bits per heavy atom. The van der Waals surface area contributed by atoms with Gasteiger partial charge in [-0.2, -0.15) is 0 Å². The van der Waals surface area contributed by atoms with Crippen LogP contribution in [-0.4, -0.2) is 44.2 Å². The molecule has 0 aromatic heterocycles. The fourth-order valence-corrected chi connectivity index (χ4v) is 2.81. The number of aryl methyl sites for hydroxylation is 1. The highest BCUT2D eigenvalue weighted by Gasteiger charge is 2.21. The Kier molecular flexibility index (Phi) is 5.67. The molecule has 1 aliphatic rings. The highest BCUT2D eigenvalue weighted by Crippen LogP contribution is 2.17. The molecule has 1 saturated heterocycles. The fraction of sp³-hybridized carbons (Fsp3) is 0.625. The summed E-state index contributed by atoms with van der Waals surface area (Å²) in [6.07, 6.45) is 4.00. The number of likely N-dealkylation sites (N-methyl/N-ethyl adjacent to an activating group) is 1. The number of piperidine rings is 1. The average Bonchev–Trinajstić information content (AvgIpc) is 2.41. The van der Waals surface area contributed by atoms with Gasteiger partial charge in [-0.15, -0.1) is 0 Å². The number of nitrogens with zero attached hydrogens (tertiary/aromatic N) is 1. The van der Waals surface area contributed by atoms with E-state index < -0.39 is 0 Å². The minimum absolute atomic E-state index is 0.680. The van der Waals surface area contributed by atoms with Crippen molar-refractivity contribution < 1.29 is 4.74 Å². The quantitative estimate of drug-likeness (QED) is 0.852. The summed E-state index contributed by atoms with van der Waals surface area (Å²) in [5.41, 5.74) is 1.25. The molecule has 1 aromatic rings. The molecular weight excluding hydrogens is 236 g/mol. The molecule has 19 heavy (non-hydrogen) atoms. The van der Waals surface area contributed by atoms with Crippen molar-refractivity contribution in [2.45, 2.75) is 32.2 Å². The Morgan fingerprint density at radius 3 is 3.05 bits per heavy atom. The zero-order valence-electron chi connectivity index (χ0n) is 12.2. The van der Waals surface area contributed by atoms with Gasteiger partial charge < -0.3 is 10.1 Å². The van der Waals surface area contributed by atoms with Gasteiger partial charge in [-0.25, -0.2) is 0 Å². The molecule has 0 bridgehead atoms. The van der Waals surface area contributed by atoms with Crippen molar-refractivity contribution in [2.24, 2.45) is 0 Å². The van der Waals surface area contributed by atoms with Crippen LogP contribution in [-0.2, 0) is 0 Å². The lowest BCUT2D eigenvalue weighted by atomic mass is 10.0. The van der Waals surface area contributed by atoms with Crippen molar-refractivity contribution in [1.82, 2.24) is 10.2 Å². The highest BCUT2D eigenvalue weighted by atomic mass is 16.5. The molecule has 1 atom stereocenters. The van der Waals surface area contributed by atoms with Crippen LogP contribution in [0.1, 0.15) is 24.8 Å². The average molecular weight is 262 g/mol. The van der Waals surface area contributed by atoms with E-state index in [9.17, 15) is 0 Å². The number of ether oxygens (including phenoxy) is 1. The largest absolute Gasteiger partial charge is 0.492 e. The van der Waals surface area contributed by atoms with Gasteiger partial charge in [0, 0.05) is 19.1 Å². The van der Waals surface area contributed by atoms with Crippen LogP contribution < -0.4 is 10.1 Å². The van der Waals surface area contributed by atoms with Crippen LogP contribution in [0.15, 0.2) is 24.3 Å². The van der Waals surface area contributed by atoms with Gasteiger partial charge in [-0.1, -0.05) is 18.6 Å². The van der Waals surface area contributed by atoms with Crippen molar-refractivity contribution in [3.05, 3.63) is 29.8 Å². The van der Waals surface area contributed by atoms with E-state index in [-0.39, 0.29) is 0 Å². The summed E-state index contributed by atoms with van der Waals surface area (Å²) in [6, 6.07) is 8.96. The normalized spacial score (nSPS) is 20.4. The molecule has 1 fully saturated rings. The lowest BCUT2D eigenvalue weighted by Gasteiger charge is -2.35. The first-order valence-corrected chi connectivity index (χ1v) is 7.37. The summed E-state index contributed by atoms with van der Waals surface area (Å²) in [6.45, 7) is 6.21. The fourth-order valence-electron chi connectivity index (χ4n) is 2.81. The zero-order valence-corrected chi connectivity index (χ0v) is 12.2. The van der Waals surface area contributed by atoms with Crippen LogP contribution in [0, 0.1) is 6.92 Å². The van der Waals surface area contributed by atoms with Gasteiger partial charge in [-0.05, 0) is 51.1 Å². The van der Waals surface area contributed by atoms with E-state index in [1.807, 2.05) is 13.1 Å². The van der Waals surface area contributed by atoms with E-state index in [2.05, 4.69) is 35.3 Å². The van der Waals surface area contributed by atoms with Crippen LogP contribution in [0.25, 0.3) is 0 Å². The molecule has 1 N–H and O–H groups in total. The second-order valence-corrected chi connectivity index (χ2v) is 5.41. The molecule has 1 unspecified atom stereocenters. The van der Waals surface area contributed by atoms with Crippen LogP contribution in [0.4, 0.5) is 0 Å². The number of nitrogens with one attached hydrogen (secondary N) is 1. The van der Waals surface area contributed by atoms with Gasteiger partial charge in [0.1, 0.15) is 12.4 Å². The zero-order chi connectivity index (χ0) is 13.5. The predicted octanol–water partition coefficient (Wildman–Crippen LogP) is 2.45. The molecule has 0 spiro atoms. The maximum atomic E-state index is 5.85. The van der Waals surface area contributed by atoms with E-state index >= 15 is 0 Å². The van der Waals surface area contributed by atoms with Crippen LogP contribution in [0.2, 0.25) is 0 Å². The Balaban J connectivity index is 1.77. The second kappa shape index (κ2) is 7.51. The molecule has 0 radical (unpaired) electrons. The SMILES string of the molecule is CNCC1CCCCN1CCOc1cccc(C)c1. The van der Waals surface area contributed by atoms with Crippen molar-refractivity contribution in [1.29, 1.82) is 0 Å². The summed E-state index contributed by atoms with van der Waals surface area (Å²) in [7, 11) is 2.04. The summed E-state index contributed by atoms with van der Waals surface area (Å²) in [5, 5.41) is 3.30. The van der Waals surface area contributed by atoms with Gasteiger partial charge in [0.05, 0.1) is 0 Å². The molecule has 0 amide bonds. The number of hydrogen-bond acceptors (Lipinski definition) is 3. The van der Waals surface area contributed by atoms with Gasteiger partial charge >= 0.3 is 0 Å². The summed E-state index contributed by atoms with van der Waals surface area (Å²) >= 11 is 0. The lowest BCUT2D eigenvalue weighted by molar-refractivity contribution is 0.123. The van der Waals surface area contributed by atoms with Crippen molar-refractivity contribution in [3.8, 4) is 5.75 Å². The smallest absolute Gasteiger partial charge is 0.119 e. The third-order valence-electron chi connectivity index (χ3n) is 3.83. The van der Waals surface area contributed by atoms with Crippen molar-refractivity contribution in [3.63, 3.8) is 0 Å². The Morgan fingerprint density at radius 1 is 1.37 bits per heavy atom. The first-order chi connectivity index (χ1) is 9.29. The minimum Gasteiger partial charge on any atom is -0.492 e. The maximum absolute atomic E-state index is 5.85. The third-order valence-corrected chi connectivity index (χ3v) is 3.83. The molecule has 106 valence electrons. The van der Waals surface area contributed by atoms with Crippen molar-refractivity contribution in [2.75, 3.05) is 33.3 Å². The van der Waals surface area contributed by atoms with Crippen LogP contribution >= 0.6 is 0 Å². The van der Waals surface area contributed by atoms with E-state index in [1.165, 1.54) is 31.4 Å². The number of likely N-dealkylation sites (tertiary alicyclic amines) is 1. The Hall–Kier alpha value is -1.06. The molecule has 3 nitrogen and oxygen atoms in total. The number of benzene rings is 1. The van der Waals surface area contributed by atoms with E-state index in [0.29, 0.717) is 6.04 Å². The summed E-state index contributed by atoms with van der Waals surface area (Å²) in [4.78, 5) is 2.57. The summed E-state index contributed by atoms with van der Waals surface area (Å²) < 4.78 is 5.85. The second-order valence-electron chi connectivity index (χ2n) is 5.41. The molecule has 0 aliphatic carbocycles. The van der Waals surface area contributed by atoms with Crippen molar-refractivity contribution >= 4 is 0 Å². The maximum Gasteiger partial charge on any atom is 0.119 e. The lowest BCUT2D eigenvalue weighted by Crippen LogP contribution is -2.46. The summed E-state index contributed by atoms with van der Waals surface area (Å²) in [5.74, 6) is 0.988. The van der Waals surface area contributed by atoms with Gasteiger partial charge in [0.25, 0.3) is 0 Å². The van der Waals surface area contributed by atoms with E-state index in [4.69, 9.17) is 4.74 Å². The molecule has 1 aliphatic heterocycles. The Labute approximate surface area is 116 Å². The van der Waals surface area contributed by atoms with Gasteiger partial charge in [-0.3, -0.25) is 4.90 Å². The first kappa shape index (κ1) is 14.4. The van der Waals surface area contributed by atoms with E-state index in [1.54, 1.807) is 0 Å². The van der Waals surface area contributed by atoms with Gasteiger partial charge in [0.2, 0.25) is 0 Å². The topological polar surface area (TPSA) is 24.5 Å². The number of rotatable bonds is 6. The third kappa shape index (κ3) is 4.51. The molecule has 0 saturated carbocycles. The van der Waals surface area contributed by atoms with Crippen LogP contribution in [0.3, 0.4) is 0 Å². The molecule has 3 heteroatoms. The van der Waals surface area contributed by atoms with E-state index in [0.717, 1.165) is 25.4 Å². The Bertz CT molecular complexity index is 379. The molecule has 1 aromatic carbocycles. The minimum atomic E-state index is 0.680. The van der Waals surface area contributed by atoms with Crippen LogP contribution in [0.5, 0.6) is 5.75 Å².